The van der Waals surface area contributed by atoms with Gasteiger partial charge in [0.15, 0.2) is 0 Å². The van der Waals surface area contributed by atoms with Gasteiger partial charge >= 0.3 is 6.03 Å². The molecule has 0 bridgehead atoms. The molecule has 0 aliphatic carbocycles. The Bertz CT molecular complexity index is 668. The Kier molecular flexibility index (Phi) is 5.03. The monoisotopic (exact) mass is 325 g/mol. The normalized spacial score (nSPS) is 12.0. The first-order chi connectivity index (χ1) is 10.4. The molecule has 1 aromatic heterocycles. The van der Waals surface area contributed by atoms with Crippen LogP contribution in [-0.2, 0) is 6.42 Å². The number of amides is 2. The minimum absolute atomic E-state index is 0.0118. The number of anilines is 1. The van der Waals surface area contributed by atoms with E-state index in [1.54, 1.807) is 0 Å². The van der Waals surface area contributed by atoms with Crippen molar-refractivity contribution in [2.75, 3.05) is 5.32 Å². The zero-order valence-electron chi connectivity index (χ0n) is 12.5. The summed E-state index contributed by atoms with van der Waals surface area (Å²) in [6.07, 6.45) is 0.601. The first kappa shape index (κ1) is 16.3. The second-order valence-electron chi connectivity index (χ2n) is 5.14. The van der Waals surface area contributed by atoms with Crippen LogP contribution in [0.2, 0.25) is 5.02 Å². The number of carbonyl (C=O) groups is 1. The molecule has 0 saturated carbocycles. The average molecular weight is 326 g/mol. The molecule has 1 aromatic carbocycles. The lowest BCUT2D eigenvalue weighted by Gasteiger charge is -2.14. The van der Waals surface area contributed by atoms with Gasteiger partial charge in [0.05, 0.1) is 10.7 Å². The van der Waals surface area contributed by atoms with Crippen molar-refractivity contribution < 1.29 is 13.7 Å². The molecule has 22 heavy (non-hydrogen) atoms. The zero-order chi connectivity index (χ0) is 16.3. The van der Waals surface area contributed by atoms with Gasteiger partial charge in [-0.3, -0.25) is 0 Å². The predicted octanol–water partition coefficient (Wildman–Crippen LogP) is 3.84. The summed E-state index contributed by atoms with van der Waals surface area (Å²) >= 11 is 5.59. The highest BCUT2D eigenvalue weighted by Gasteiger charge is 2.15. The van der Waals surface area contributed by atoms with Crippen LogP contribution in [0, 0.1) is 19.7 Å². The molecule has 0 spiro atoms. The summed E-state index contributed by atoms with van der Waals surface area (Å²) in [5.74, 6) is 0.162. The van der Waals surface area contributed by atoms with Gasteiger partial charge in [0.25, 0.3) is 0 Å². The lowest BCUT2D eigenvalue weighted by atomic mass is 10.1. The molecule has 2 rings (SSSR count). The van der Waals surface area contributed by atoms with Crippen LogP contribution in [0.5, 0.6) is 0 Å². The molecular formula is C15H17ClFN3O2. The maximum atomic E-state index is 13.3. The van der Waals surface area contributed by atoms with Crippen LogP contribution in [0.4, 0.5) is 14.9 Å². The first-order valence-electron chi connectivity index (χ1n) is 6.81. The Balaban J connectivity index is 1.92. The van der Waals surface area contributed by atoms with Crippen molar-refractivity contribution in [2.45, 2.75) is 33.2 Å². The van der Waals surface area contributed by atoms with Gasteiger partial charge in [0.1, 0.15) is 11.6 Å². The molecule has 7 heteroatoms. The van der Waals surface area contributed by atoms with Crippen molar-refractivity contribution >= 4 is 23.3 Å². The molecule has 118 valence electrons. The van der Waals surface area contributed by atoms with Crippen molar-refractivity contribution in [2.24, 2.45) is 0 Å². The lowest BCUT2D eigenvalue weighted by Crippen LogP contribution is -2.37. The molecule has 2 amide bonds. The number of nitrogens with one attached hydrogen (secondary N) is 2. The summed E-state index contributed by atoms with van der Waals surface area (Å²) in [6.45, 7) is 5.56. The maximum absolute atomic E-state index is 13.3. The summed E-state index contributed by atoms with van der Waals surface area (Å²) < 4.78 is 18.4. The van der Waals surface area contributed by atoms with Crippen molar-refractivity contribution in [3.05, 3.63) is 46.1 Å². The molecule has 2 aromatic rings. The lowest BCUT2D eigenvalue weighted by molar-refractivity contribution is 0.249. The Morgan fingerprint density at radius 2 is 2.18 bits per heavy atom. The maximum Gasteiger partial charge on any atom is 0.319 e. The third kappa shape index (κ3) is 3.98. The molecule has 0 saturated heterocycles. The van der Waals surface area contributed by atoms with Gasteiger partial charge in [-0.1, -0.05) is 16.8 Å². The summed E-state index contributed by atoms with van der Waals surface area (Å²) in [7, 11) is 0. The van der Waals surface area contributed by atoms with E-state index < -0.39 is 11.8 Å². The highest BCUT2D eigenvalue weighted by Crippen LogP contribution is 2.19. The number of carbonyl (C=O) groups excluding carboxylic acids is 1. The molecule has 1 heterocycles. The van der Waals surface area contributed by atoms with Gasteiger partial charge in [-0.25, -0.2) is 9.18 Å². The Hall–Kier alpha value is -2.08. The van der Waals surface area contributed by atoms with Gasteiger partial charge in [-0.2, -0.15) is 0 Å². The summed E-state index contributed by atoms with van der Waals surface area (Å²) in [6, 6.07) is 3.54. The van der Waals surface area contributed by atoms with Gasteiger partial charge < -0.3 is 15.2 Å². The van der Waals surface area contributed by atoms with E-state index in [4.69, 9.17) is 16.1 Å². The van der Waals surface area contributed by atoms with E-state index in [2.05, 4.69) is 15.8 Å². The SMILES string of the molecule is Cc1noc(C)c1CC(C)NC(=O)Nc1ccc(Cl)c(F)c1. The third-order valence-corrected chi connectivity index (χ3v) is 3.55. The fourth-order valence-electron chi connectivity index (χ4n) is 2.12. The fraction of sp³-hybridized carbons (Fsp3) is 0.333. The predicted molar refractivity (Wildman–Crippen MR) is 82.7 cm³/mol. The highest BCUT2D eigenvalue weighted by molar-refractivity contribution is 6.30. The number of urea groups is 1. The second-order valence-corrected chi connectivity index (χ2v) is 5.54. The van der Waals surface area contributed by atoms with Crippen molar-refractivity contribution in [1.82, 2.24) is 10.5 Å². The molecule has 0 radical (unpaired) electrons. The van der Waals surface area contributed by atoms with Gasteiger partial charge in [0, 0.05) is 17.3 Å². The number of halogens is 2. The minimum atomic E-state index is -0.580. The number of nitrogens with zero attached hydrogens (tertiary/aromatic N) is 1. The molecule has 1 unspecified atom stereocenters. The van der Waals surface area contributed by atoms with Crippen LogP contribution < -0.4 is 10.6 Å². The number of hydrogen-bond donors (Lipinski definition) is 2. The minimum Gasteiger partial charge on any atom is -0.361 e. The van der Waals surface area contributed by atoms with Gasteiger partial charge in [-0.15, -0.1) is 0 Å². The van der Waals surface area contributed by atoms with E-state index in [1.807, 2.05) is 20.8 Å². The number of rotatable bonds is 4. The molecule has 0 aliphatic rings. The van der Waals surface area contributed by atoms with Crippen LogP contribution in [0.15, 0.2) is 22.7 Å². The Morgan fingerprint density at radius 3 is 2.77 bits per heavy atom. The van der Waals surface area contributed by atoms with Gasteiger partial charge in [-0.05, 0) is 45.4 Å². The second kappa shape index (κ2) is 6.79. The van der Waals surface area contributed by atoms with Gasteiger partial charge in [0.2, 0.25) is 0 Å². The molecule has 0 aliphatic heterocycles. The summed E-state index contributed by atoms with van der Waals surface area (Å²) in [5, 5.41) is 9.23. The topological polar surface area (TPSA) is 67.2 Å². The van der Waals surface area contributed by atoms with Crippen molar-refractivity contribution in [3.63, 3.8) is 0 Å². The van der Waals surface area contributed by atoms with Crippen LogP contribution in [0.25, 0.3) is 0 Å². The van der Waals surface area contributed by atoms with Crippen LogP contribution >= 0.6 is 11.6 Å². The van der Waals surface area contributed by atoms with Crippen LogP contribution in [0.1, 0.15) is 23.9 Å². The number of aryl methyl sites for hydroxylation is 2. The van der Waals surface area contributed by atoms with Crippen molar-refractivity contribution in [1.29, 1.82) is 0 Å². The quantitative estimate of drug-likeness (QED) is 0.897. The van der Waals surface area contributed by atoms with E-state index in [0.29, 0.717) is 12.1 Å². The molecular weight excluding hydrogens is 309 g/mol. The Labute approximate surface area is 132 Å². The molecule has 1 atom stereocenters. The average Bonchev–Trinajstić information content (AvgIpc) is 2.74. The highest BCUT2D eigenvalue weighted by atomic mass is 35.5. The molecule has 0 fully saturated rings. The van der Waals surface area contributed by atoms with E-state index in [0.717, 1.165) is 17.0 Å². The van der Waals surface area contributed by atoms with Crippen LogP contribution in [-0.4, -0.2) is 17.2 Å². The first-order valence-corrected chi connectivity index (χ1v) is 7.19. The Morgan fingerprint density at radius 1 is 1.45 bits per heavy atom. The number of benzene rings is 1. The third-order valence-electron chi connectivity index (χ3n) is 3.25. The summed E-state index contributed by atoms with van der Waals surface area (Å²) in [4.78, 5) is 11.9. The van der Waals surface area contributed by atoms with E-state index >= 15 is 0 Å². The van der Waals surface area contributed by atoms with Crippen LogP contribution in [0.3, 0.4) is 0 Å². The van der Waals surface area contributed by atoms with Crippen molar-refractivity contribution in [3.8, 4) is 0 Å². The number of aromatic nitrogens is 1. The summed E-state index contributed by atoms with van der Waals surface area (Å²) in [5.41, 5.74) is 2.13. The van der Waals surface area contributed by atoms with E-state index in [9.17, 15) is 9.18 Å². The standard InChI is InChI=1S/C15H17ClFN3O2/c1-8(6-12-9(2)20-22-10(12)3)18-15(21)19-11-4-5-13(16)14(17)7-11/h4-5,7-8H,6H2,1-3H3,(H2,18,19,21). The largest absolute Gasteiger partial charge is 0.361 e. The van der Waals surface area contributed by atoms with E-state index in [-0.39, 0.29) is 11.1 Å². The number of hydrogen-bond acceptors (Lipinski definition) is 3. The zero-order valence-corrected chi connectivity index (χ0v) is 13.3. The fourth-order valence-corrected chi connectivity index (χ4v) is 2.23. The smallest absolute Gasteiger partial charge is 0.319 e. The van der Waals surface area contributed by atoms with E-state index in [1.165, 1.54) is 18.2 Å². The molecule has 2 N–H and O–H groups in total. The molecule has 5 nitrogen and oxygen atoms in total.